The van der Waals surface area contributed by atoms with Crippen molar-refractivity contribution in [3.05, 3.63) is 29.8 Å². The first-order valence-corrected chi connectivity index (χ1v) is 10.1. The van der Waals surface area contributed by atoms with E-state index in [1.165, 1.54) is 31.5 Å². The van der Waals surface area contributed by atoms with Crippen molar-refractivity contribution in [2.24, 2.45) is 11.7 Å². The Bertz CT molecular complexity index is 585. The van der Waals surface area contributed by atoms with E-state index < -0.39 is 0 Å². The number of benzene rings is 1. The first-order chi connectivity index (χ1) is 12.2. The SMILES string of the molecule is CC.NCC1CCN(C2CCC3(CC2)C(=O)Nc2ccccc23)CC1. The molecule has 2 fully saturated rings. The summed E-state index contributed by atoms with van der Waals surface area (Å²) >= 11 is 0. The van der Waals surface area contributed by atoms with Crippen molar-refractivity contribution >= 4 is 11.6 Å². The van der Waals surface area contributed by atoms with Crippen molar-refractivity contribution in [1.82, 2.24) is 4.90 Å². The van der Waals surface area contributed by atoms with Gasteiger partial charge in [-0.05, 0) is 75.7 Å². The van der Waals surface area contributed by atoms with Gasteiger partial charge in [-0.15, -0.1) is 0 Å². The van der Waals surface area contributed by atoms with Crippen LogP contribution < -0.4 is 11.1 Å². The van der Waals surface area contributed by atoms with Crippen LogP contribution in [-0.4, -0.2) is 36.5 Å². The maximum atomic E-state index is 12.6. The molecule has 1 saturated heterocycles. The smallest absolute Gasteiger partial charge is 0.235 e. The lowest BCUT2D eigenvalue weighted by Crippen LogP contribution is -2.48. The van der Waals surface area contributed by atoms with E-state index in [0.29, 0.717) is 12.0 Å². The molecule has 1 spiro atoms. The Hall–Kier alpha value is -1.39. The summed E-state index contributed by atoms with van der Waals surface area (Å²) in [5, 5.41) is 3.10. The Morgan fingerprint density at radius 3 is 2.40 bits per heavy atom. The molecule has 0 radical (unpaired) electrons. The molecule has 25 heavy (non-hydrogen) atoms. The van der Waals surface area contributed by atoms with Crippen LogP contribution in [-0.2, 0) is 10.2 Å². The predicted octanol–water partition coefficient (Wildman–Crippen LogP) is 3.52. The number of rotatable bonds is 2. The highest BCUT2D eigenvalue weighted by Gasteiger charge is 2.49. The predicted molar refractivity (Wildman–Crippen MR) is 104 cm³/mol. The molecular weight excluding hydrogens is 310 g/mol. The van der Waals surface area contributed by atoms with Crippen LogP contribution >= 0.6 is 0 Å². The van der Waals surface area contributed by atoms with Crippen LogP contribution in [0.4, 0.5) is 5.69 Å². The maximum Gasteiger partial charge on any atom is 0.235 e. The van der Waals surface area contributed by atoms with Crippen LogP contribution in [0.2, 0.25) is 0 Å². The molecule has 1 aromatic rings. The molecule has 0 atom stereocenters. The molecule has 4 nitrogen and oxygen atoms in total. The molecule has 0 aromatic heterocycles. The minimum atomic E-state index is -0.261. The number of piperidine rings is 1. The molecule has 1 aliphatic carbocycles. The zero-order valence-corrected chi connectivity index (χ0v) is 15.8. The molecule has 4 rings (SSSR count). The number of hydrogen-bond acceptors (Lipinski definition) is 3. The van der Waals surface area contributed by atoms with Gasteiger partial charge < -0.3 is 16.0 Å². The maximum absolute atomic E-state index is 12.6. The fraction of sp³-hybridized carbons (Fsp3) is 0.667. The van der Waals surface area contributed by atoms with Gasteiger partial charge >= 0.3 is 0 Å². The second kappa shape index (κ2) is 7.88. The Kier molecular flexibility index (Phi) is 5.80. The number of carbonyl (C=O) groups excluding carboxylic acids is 1. The fourth-order valence-corrected chi connectivity index (χ4v) is 4.88. The van der Waals surface area contributed by atoms with E-state index in [0.717, 1.165) is 37.9 Å². The van der Waals surface area contributed by atoms with E-state index in [1.807, 2.05) is 26.0 Å². The number of anilines is 1. The number of likely N-dealkylation sites (tertiary alicyclic amines) is 1. The van der Waals surface area contributed by atoms with Crippen molar-refractivity contribution in [1.29, 1.82) is 0 Å². The third-order valence-corrected chi connectivity index (χ3v) is 6.43. The lowest BCUT2D eigenvalue weighted by atomic mass is 9.68. The molecular formula is C21H33N3O. The third-order valence-electron chi connectivity index (χ3n) is 6.43. The third kappa shape index (κ3) is 3.34. The van der Waals surface area contributed by atoms with E-state index in [4.69, 9.17) is 5.73 Å². The summed E-state index contributed by atoms with van der Waals surface area (Å²) in [4.78, 5) is 15.3. The van der Waals surface area contributed by atoms with Gasteiger partial charge in [0, 0.05) is 11.7 Å². The summed E-state index contributed by atoms with van der Waals surface area (Å²) in [5.74, 6) is 0.938. The molecule has 2 heterocycles. The molecule has 2 aliphatic heterocycles. The van der Waals surface area contributed by atoms with E-state index in [9.17, 15) is 4.79 Å². The number of nitrogens with two attached hydrogens (primary N) is 1. The Morgan fingerprint density at radius 1 is 1.12 bits per heavy atom. The topological polar surface area (TPSA) is 58.4 Å². The second-order valence-electron chi connectivity index (χ2n) is 7.53. The van der Waals surface area contributed by atoms with Crippen molar-refractivity contribution in [2.45, 2.75) is 63.8 Å². The van der Waals surface area contributed by atoms with Gasteiger partial charge in [-0.1, -0.05) is 32.0 Å². The van der Waals surface area contributed by atoms with Gasteiger partial charge in [-0.25, -0.2) is 0 Å². The van der Waals surface area contributed by atoms with E-state index >= 15 is 0 Å². The molecule has 3 aliphatic rings. The summed E-state index contributed by atoms with van der Waals surface area (Å²) in [6.45, 7) is 7.20. The number of carbonyl (C=O) groups is 1. The number of nitrogens with zero attached hydrogens (tertiary/aromatic N) is 1. The van der Waals surface area contributed by atoms with Crippen LogP contribution in [0.1, 0.15) is 57.9 Å². The first-order valence-electron chi connectivity index (χ1n) is 10.1. The molecule has 1 aromatic carbocycles. The largest absolute Gasteiger partial charge is 0.330 e. The second-order valence-corrected chi connectivity index (χ2v) is 7.53. The average Bonchev–Trinajstić information content (AvgIpc) is 2.96. The van der Waals surface area contributed by atoms with Crippen LogP contribution in [0, 0.1) is 5.92 Å². The number of para-hydroxylation sites is 1. The summed E-state index contributed by atoms with van der Waals surface area (Å²) in [7, 11) is 0. The molecule has 4 heteroatoms. The number of hydrogen-bond donors (Lipinski definition) is 2. The summed E-state index contributed by atoms with van der Waals surface area (Å²) < 4.78 is 0. The lowest BCUT2D eigenvalue weighted by Gasteiger charge is -2.43. The summed E-state index contributed by atoms with van der Waals surface area (Å²) in [6, 6.07) is 8.89. The quantitative estimate of drug-likeness (QED) is 0.864. The summed E-state index contributed by atoms with van der Waals surface area (Å²) in [5.41, 5.74) is 7.80. The molecule has 138 valence electrons. The van der Waals surface area contributed by atoms with Gasteiger partial charge in [0.15, 0.2) is 0 Å². The minimum absolute atomic E-state index is 0.221. The molecule has 3 N–H and O–H groups in total. The first kappa shape index (κ1) is 18.4. The number of amides is 1. The Labute approximate surface area is 152 Å². The number of fused-ring (bicyclic) bond motifs is 2. The number of nitrogens with one attached hydrogen (secondary N) is 1. The molecule has 1 amide bonds. The normalized spacial score (nSPS) is 29.7. The monoisotopic (exact) mass is 343 g/mol. The van der Waals surface area contributed by atoms with Gasteiger partial charge in [0.05, 0.1) is 5.41 Å². The van der Waals surface area contributed by atoms with E-state index in [-0.39, 0.29) is 11.3 Å². The van der Waals surface area contributed by atoms with E-state index in [1.54, 1.807) is 0 Å². The highest BCUT2D eigenvalue weighted by Crippen LogP contribution is 2.48. The van der Waals surface area contributed by atoms with Crippen LogP contribution in [0.25, 0.3) is 0 Å². The molecule has 1 saturated carbocycles. The molecule has 0 bridgehead atoms. The van der Waals surface area contributed by atoms with Gasteiger partial charge in [0.2, 0.25) is 5.91 Å². The standard InChI is InChI=1S/C19H27N3O.C2H6/c20-13-14-7-11-22(12-8-14)15-5-9-19(10-6-15)16-3-1-2-4-17(16)21-18(19)23;1-2/h1-4,14-15H,5-13,20H2,(H,21,23);1-2H3. The zero-order chi connectivity index (χ0) is 17.9. The van der Waals surface area contributed by atoms with Gasteiger partial charge in [0.1, 0.15) is 0 Å². The van der Waals surface area contributed by atoms with Gasteiger partial charge in [-0.3, -0.25) is 4.79 Å². The van der Waals surface area contributed by atoms with Crippen LogP contribution in [0.3, 0.4) is 0 Å². The minimum Gasteiger partial charge on any atom is -0.330 e. The van der Waals surface area contributed by atoms with Crippen LogP contribution in [0.15, 0.2) is 24.3 Å². The zero-order valence-electron chi connectivity index (χ0n) is 15.8. The summed E-state index contributed by atoms with van der Waals surface area (Å²) in [6.07, 6.45) is 6.71. The Morgan fingerprint density at radius 2 is 1.76 bits per heavy atom. The fourth-order valence-electron chi connectivity index (χ4n) is 4.88. The van der Waals surface area contributed by atoms with Crippen molar-refractivity contribution in [2.75, 3.05) is 25.0 Å². The highest BCUT2D eigenvalue weighted by molar-refractivity contribution is 6.06. The highest BCUT2D eigenvalue weighted by atomic mass is 16.2. The van der Waals surface area contributed by atoms with Gasteiger partial charge in [-0.2, -0.15) is 0 Å². The van der Waals surface area contributed by atoms with E-state index in [2.05, 4.69) is 22.3 Å². The molecule has 0 unspecified atom stereocenters. The van der Waals surface area contributed by atoms with Crippen molar-refractivity contribution in [3.8, 4) is 0 Å². The van der Waals surface area contributed by atoms with Crippen molar-refractivity contribution < 1.29 is 4.79 Å². The lowest BCUT2D eigenvalue weighted by molar-refractivity contribution is -0.122. The van der Waals surface area contributed by atoms with Crippen LogP contribution in [0.5, 0.6) is 0 Å². The van der Waals surface area contributed by atoms with Gasteiger partial charge in [0.25, 0.3) is 0 Å². The van der Waals surface area contributed by atoms with Crippen molar-refractivity contribution in [3.63, 3.8) is 0 Å². The Balaban J connectivity index is 0.000000880. The average molecular weight is 344 g/mol.